The Morgan fingerprint density at radius 3 is 2.72 bits per heavy atom. The van der Waals surface area contributed by atoms with Crippen molar-refractivity contribution in [2.24, 2.45) is 0 Å². The molecular weight excluding hydrogens is 398 g/mol. The largest absolute Gasteiger partial charge is 0.339 e. The number of para-hydroxylation sites is 1. The first-order valence-corrected chi connectivity index (χ1v) is 9.54. The number of H-pyrrole nitrogens is 1. The number of nitrogens with zero attached hydrogens (tertiary/aromatic N) is 3. The molecule has 3 heterocycles. The standard InChI is InChI=1S/C19H23N5O4.ClH/c25-16-10-20-7-9-23(16)13-4-3-8-22(11-13)17(26)12-24-18(27)14-5-1-2-6-15(14)21-19(24)28;/h1-2,5-6,13,20H,3-4,7-12H2,(H,21,28);1H. The summed E-state index contributed by atoms with van der Waals surface area (Å²) in [5.74, 6) is -0.233. The molecule has 156 valence electrons. The van der Waals surface area contributed by atoms with E-state index < -0.39 is 11.2 Å². The average Bonchev–Trinajstić information content (AvgIpc) is 2.71. The van der Waals surface area contributed by atoms with E-state index in [-0.39, 0.29) is 36.8 Å². The molecule has 2 amide bonds. The molecule has 0 saturated carbocycles. The van der Waals surface area contributed by atoms with E-state index in [1.807, 2.05) is 4.90 Å². The number of benzene rings is 1. The smallest absolute Gasteiger partial charge is 0.329 e. The van der Waals surface area contributed by atoms with Crippen LogP contribution in [0.5, 0.6) is 0 Å². The van der Waals surface area contributed by atoms with Crippen molar-refractivity contribution in [2.45, 2.75) is 25.4 Å². The normalized spacial score (nSPS) is 19.9. The van der Waals surface area contributed by atoms with Crippen molar-refractivity contribution in [2.75, 3.05) is 32.7 Å². The Bertz CT molecular complexity index is 1030. The zero-order chi connectivity index (χ0) is 19.7. The van der Waals surface area contributed by atoms with Crippen molar-refractivity contribution in [3.8, 4) is 0 Å². The van der Waals surface area contributed by atoms with Crippen molar-refractivity contribution in [3.63, 3.8) is 0 Å². The summed E-state index contributed by atoms with van der Waals surface area (Å²) < 4.78 is 0.949. The lowest BCUT2D eigenvalue weighted by atomic mass is 10.0. The van der Waals surface area contributed by atoms with Crippen LogP contribution in [-0.4, -0.2) is 69.9 Å². The number of hydrogen-bond acceptors (Lipinski definition) is 5. The Morgan fingerprint density at radius 1 is 1.14 bits per heavy atom. The Labute approximate surface area is 173 Å². The highest BCUT2D eigenvalue weighted by Crippen LogP contribution is 2.17. The first-order chi connectivity index (χ1) is 13.5. The minimum absolute atomic E-state index is 0. The van der Waals surface area contributed by atoms with Crippen LogP contribution in [0.15, 0.2) is 33.9 Å². The lowest BCUT2D eigenvalue weighted by Gasteiger charge is -2.41. The first-order valence-electron chi connectivity index (χ1n) is 9.54. The zero-order valence-corrected chi connectivity index (χ0v) is 16.7. The van der Waals surface area contributed by atoms with Gasteiger partial charge in [-0.25, -0.2) is 4.79 Å². The molecule has 0 spiro atoms. The third-order valence-electron chi connectivity index (χ3n) is 5.50. The van der Waals surface area contributed by atoms with Gasteiger partial charge in [-0.05, 0) is 25.0 Å². The van der Waals surface area contributed by atoms with Crippen molar-refractivity contribution >= 4 is 35.1 Å². The van der Waals surface area contributed by atoms with Crippen LogP contribution in [-0.2, 0) is 16.1 Å². The van der Waals surface area contributed by atoms with Gasteiger partial charge in [0, 0.05) is 32.2 Å². The molecule has 4 rings (SSSR count). The second kappa shape index (κ2) is 8.79. The summed E-state index contributed by atoms with van der Waals surface area (Å²) in [6.45, 7) is 2.40. The highest BCUT2D eigenvalue weighted by molar-refractivity contribution is 5.85. The third kappa shape index (κ3) is 4.20. The third-order valence-corrected chi connectivity index (χ3v) is 5.50. The average molecular weight is 422 g/mol. The fraction of sp³-hybridized carbons (Fsp3) is 0.474. The maximum Gasteiger partial charge on any atom is 0.329 e. The second-order valence-corrected chi connectivity index (χ2v) is 7.27. The SMILES string of the molecule is Cl.O=C(Cn1c(=O)[nH]c2ccccc2c1=O)N1CCCC(N2CCNCC2=O)C1. The van der Waals surface area contributed by atoms with Gasteiger partial charge in [0.1, 0.15) is 6.54 Å². The molecule has 2 saturated heterocycles. The summed E-state index contributed by atoms with van der Waals surface area (Å²) in [6.07, 6.45) is 1.64. The Kier molecular flexibility index (Phi) is 6.39. The van der Waals surface area contributed by atoms with E-state index in [0.717, 1.165) is 24.0 Å². The molecule has 0 aliphatic carbocycles. The number of piperidine rings is 1. The molecule has 2 aliphatic heterocycles. The minimum atomic E-state index is -0.595. The number of aromatic nitrogens is 2. The second-order valence-electron chi connectivity index (χ2n) is 7.27. The Balaban J connectivity index is 0.00000240. The molecule has 1 aromatic heterocycles. The van der Waals surface area contributed by atoms with Crippen LogP contribution in [0.25, 0.3) is 10.9 Å². The van der Waals surface area contributed by atoms with Gasteiger partial charge in [-0.2, -0.15) is 0 Å². The van der Waals surface area contributed by atoms with E-state index in [0.29, 0.717) is 37.1 Å². The van der Waals surface area contributed by atoms with E-state index in [2.05, 4.69) is 10.3 Å². The van der Waals surface area contributed by atoms with Crippen molar-refractivity contribution in [1.29, 1.82) is 0 Å². The number of carbonyl (C=O) groups is 2. The number of hydrogen-bond donors (Lipinski definition) is 2. The van der Waals surface area contributed by atoms with Crippen LogP contribution in [0, 0.1) is 0 Å². The van der Waals surface area contributed by atoms with Crippen LogP contribution in [0.2, 0.25) is 0 Å². The molecule has 1 atom stereocenters. The fourth-order valence-corrected chi connectivity index (χ4v) is 4.02. The number of halogens is 1. The summed E-state index contributed by atoms with van der Waals surface area (Å²) in [7, 11) is 0. The van der Waals surface area contributed by atoms with E-state index in [1.165, 1.54) is 0 Å². The lowest BCUT2D eigenvalue weighted by molar-refractivity contribution is -0.140. The maximum absolute atomic E-state index is 12.8. The molecule has 9 nitrogen and oxygen atoms in total. The van der Waals surface area contributed by atoms with E-state index in [1.54, 1.807) is 29.2 Å². The van der Waals surface area contributed by atoms with Crippen LogP contribution in [0.4, 0.5) is 0 Å². The van der Waals surface area contributed by atoms with Crippen LogP contribution < -0.4 is 16.6 Å². The summed E-state index contributed by atoms with van der Waals surface area (Å²) in [5, 5.41) is 3.42. The van der Waals surface area contributed by atoms with E-state index in [4.69, 9.17) is 0 Å². The topological polar surface area (TPSA) is 108 Å². The van der Waals surface area contributed by atoms with Gasteiger partial charge in [0.05, 0.1) is 17.4 Å². The van der Waals surface area contributed by atoms with Crippen molar-refractivity contribution in [3.05, 3.63) is 45.1 Å². The quantitative estimate of drug-likeness (QED) is 0.697. The highest BCUT2D eigenvalue weighted by Gasteiger charge is 2.31. The maximum atomic E-state index is 12.8. The first kappa shape index (κ1) is 21.1. The van der Waals surface area contributed by atoms with Crippen molar-refractivity contribution < 1.29 is 9.59 Å². The van der Waals surface area contributed by atoms with Crippen LogP contribution >= 0.6 is 12.4 Å². The number of carbonyl (C=O) groups excluding carboxylic acids is 2. The molecular formula is C19H24ClN5O4. The van der Waals surface area contributed by atoms with Gasteiger partial charge in [0.2, 0.25) is 11.8 Å². The molecule has 0 radical (unpaired) electrons. The van der Waals surface area contributed by atoms with Gasteiger partial charge in [0.15, 0.2) is 0 Å². The van der Waals surface area contributed by atoms with E-state index >= 15 is 0 Å². The Morgan fingerprint density at radius 2 is 1.93 bits per heavy atom. The molecule has 2 N–H and O–H groups in total. The summed E-state index contributed by atoms with van der Waals surface area (Å²) >= 11 is 0. The van der Waals surface area contributed by atoms with Crippen molar-refractivity contribution in [1.82, 2.24) is 24.7 Å². The molecule has 2 fully saturated rings. The monoisotopic (exact) mass is 421 g/mol. The molecule has 2 aromatic rings. The predicted molar refractivity (Wildman–Crippen MR) is 110 cm³/mol. The van der Waals surface area contributed by atoms with Gasteiger partial charge in [-0.1, -0.05) is 12.1 Å². The number of rotatable bonds is 3. The number of piperazine rings is 1. The lowest BCUT2D eigenvalue weighted by Crippen LogP contribution is -2.58. The number of nitrogens with one attached hydrogen (secondary N) is 2. The summed E-state index contributed by atoms with van der Waals surface area (Å²) in [6, 6.07) is 6.72. The molecule has 29 heavy (non-hydrogen) atoms. The summed E-state index contributed by atoms with van der Waals surface area (Å²) in [4.78, 5) is 56.0. The van der Waals surface area contributed by atoms with Gasteiger partial charge in [-0.15, -0.1) is 12.4 Å². The predicted octanol–water partition coefficient (Wildman–Crippen LogP) is -0.466. The fourth-order valence-electron chi connectivity index (χ4n) is 4.02. The molecule has 1 aromatic carbocycles. The van der Waals surface area contributed by atoms with Crippen LogP contribution in [0.1, 0.15) is 12.8 Å². The number of amides is 2. The minimum Gasteiger partial charge on any atom is -0.339 e. The highest BCUT2D eigenvalue weighted by atomic mass is 35.5. The number of aromatic amines is 1. The number of likely N-dealkylation sites (tertiary alicyclic amines) is 1. The zero-order valence-electron chi connectivity index (χ0n) is 15.9. The van der Waals surface area contributed by atoms with E-state index in [9.17, 15) is 19.2 Å². The molecule has 10 heteroatoms. The molecule has 1 unspecified atom stereocenters. The summed E-state index contributed by atoms with van der Waals surface area (Å²) in [5.41, 5.74) is -0.613. The Hall–Kier alpha value is -2.65. The number of fused-ring (bicyclic) bond motifs is 1. The molecule has 2 aliphatic rings. The molecule has 0 bridgehead atoms. The van der Waals surface area contributed by atoms with Gasteiger partial charge in [0.25, 0.3) is 5.56 Å². The van der Waals surface area contributed by atoms with Gasteiger partial charge >= 0.3 is 5.69 Å². The van der Waals surface area contributed by atoms with Gasteiger partial charge in [-0.3, -0.25) is 19.0 Å². The van der Waals surface area contributed by atoms with Gasteiger partial charge < -0.3 is 20.1 Å². The van der Waals surface area contributed by atoms with Crippen LogP contribution in [0.3, 0.4) is 0 Å².